The number of hydrogen-bond acceptors (Lipinski definition) is 5. The fourth-order valence-corrected chi connectivity index (χ4v) is 2.66. The largest absolute Gasteiger partial charge is 0.394 e. The monoisotopic (exact) mass is 316 g/mol. The number of nitrogens with one attached hydrogen (secondary N) is 1. The van der Waals surface area contributed by atoms with Crippen LogP contribution in [0.3, 0.4) is 0 Å². The highest BCUT2D eigenvalue weighted by Crippen LogP contribution is 2.30. The maximum Gasteiger partial charge on any atom is 0.250 e. The Morgan fingerprint density at radius 3 is 2.39 bits per heavy atom. The second-order valence-electron chi connectivity index (χ2n) is 5.93. The smallest absolute Gasteiger partial charge is 0.250 e. The standard InChI is InChI=1S/C18H24N2O3/c1-5-11-9-13(20(3)4)7-8-14(11)15-16(18(23)17(15)22)19-12(6-2)10-21/h7-9,12,19,21H,5-6,10H2,1-4H3. The van der Waals surface area contributed by atoms with E-state index in [1.807, 2.05) is 51.0 Å². The van der Waals surface area contributed by atoms with Crippen molar-refractivity contribution in [3.63, 3.8) is 0 Å². The van der Waals surface area contributed by atoms with Crippen LogP contribution in [0.4, 0.5) is 11.4 Å². The highest BCUT2D eigenvalue weighted by atomic mass is 16.3. The Labute approximate surface area is 136 Å². The summed E-state index contributed by atoms with van der Waals surface area (Å²) in [5, 5.41) is 12.3. The van der Waals surface area contributed by atoms with Gasteiger partial charge in [-0.3, -0.25) is 9.59 Å². The maximum atomic E-state index is 12.1. The van der Waals surface area contributed by atoms with E-state index in [9.17, 15) is 14.7 Å². The zero-order chi connectivity index (χ0) is 17.1. The molecule has 0 saturated carbocycles. The summed E-state index contributed by atoms with van der Waals surface area (Å²) >= 11 is 0. The van der Waals surface area contributed by atoms with Crippen LogP contribution in [-0.2, 0) is 6.42 Å². The summed E-state index contributed by atoms with van der Waals surface area (Å²) in [7, 11) is 3.93. The van der Waals surface area contributed by atoms with Gasteiger partial charge in [0.2, 0.25) is 10.9 Å². The van der Waals surface area contributed by atoms with Crippen molar-refractivity contribution in [2.45, 2.75) is 32.7 Å². The molecule has 0 amide bonds. The number of benzene rings is 1. The zero-order valence-corrected chi connectivity index (χ0v) is 14.1. The quantitative estimate of drug-likeness (QED) is 0.762. The average molecular weight is 316 g/mol. The molecule has 0 fully saturated rings. The predicted octanol–water partition coefficient (Wildman–Crippen LogP) is 1.76. The van der Waals surface area contributed by atoms with Gasteiger partial charge in [0.1, 0.15) is 0 Å². The molecule has 5 nitrogen and oxygen atoms in total. The molecular weight excluding hydrogens is 292 g/mol. The third kappa shape index (κ3) is 3.15. The average Bonchev–Trinajstić information content (AvgIpc) is 2.57. The van der Waals surface area contributed by atoms with Crippen LogP contribution in [0.2, 0.25) is 0 Å². The van der Waals surface area contributed by atoms with E-state index in [1.165, 1.54) is 0 Å². The number of nitrogens with zero attached hydrogens (tertiary/aromatic N) is 1. The second-order valence-corrected chi connectivity index (χ2v) is 5.93. The van der Waals surface area contributed by atoms with Gasteiger partial charge in [-0.1, -0.05) is 19.9 Å². The van der Waals surface area contributed by atoms with Crippen LogP contribution in [0, 0.1) is 0 Å². The molecule has 2 rings (SSSR count). The van der Waals surface area contributed by atoms with Crippen molar-refractivity contribution in [1.82, 2.24) is 0 Å². The summed E-state index contributed by atoms with van der Waals surface area (Å²) in [5.74, 6) is 0. The molecular formula is C18H24N2O3. The van der Waals surface area contributed by atoms with E-state index in [1.54, 1.807) is 0 Å². The molecule has 0 heterocycles. The second kappa shape index (κ2) is 6.96. The van der Waals surface area contributed by atoms with Crippen molar-refractivity contribution in [2.24, 2.45) is 0 Å². The van der Waals surface area contributed by atoms with Gasteiger partial charge in [-0.25, -0.2) is 0 Å². The fourth-order valence-electron chi connectivity index (χ4n) is 2.66. The van der Waals surface area contributed by atoms with Crippen molar-refractivity contribution in [1.29, 1.82) is 0 Å². The summed E-state index contributed by atoms with van der Waals surface area (Å²) in [6, 6.07) is 5.66. The molecule has 0 aliphatic rings. The van der Waals surface area contributed by atoms with E-state index in [0.29, 0.717) is 17.7 Å². The molecule has 2 aromatic rings. The Kier molecular flexibility index (Phi) is 5.21. The van der Waals surface area contributed by atoms with Gasteiger partial charge >= 0.3 is 0 Å². The van der Waals surface area contributed by atoms with Gasteiger partial charge in [-0.15, -0.1) is 0 Å². The van der Waals surface area contributed by atoms with Gasteiger partial charge in [-0.05, 0) is 36.1 Å². The van der Waals surface area contributed by atoms with Crippen molar-refractivity contribution in [3.8, 4) is 11.1 Å². The SMILES string of the molecule is CCc1cc(N(C)C)ccc1-c1c(NC(CC)CO)c(=O)c1=O. The van der Waals surface area contributed by atoms with Crippen LogP contribution in [0.5, 0.6) is 0 Å². The van der Waals surface area contributed by atoms with E-state index in [4.69, 9.17) is 0 Å². The van der Waals surface area contributed by atoms with Crippen molar-refractivity contribution >= 4 is 11.4 Å². The van der Waals surface area contributed by atoms with Crippen LogP contribution in [-0.4, -0.2) is 31.9 Å². The Balaban J connectivity index is 2.49. The molecule has 1 unspecified atom stereocenters. The van der Waals surface area contributed by atoms with Gasteiger partial charge in [0.15, 0.2) is 0 Å². The minimum Gasteiger partial charge on any atom is -0.394 e. The molecule has 0 aliphatic heterocycles. The number of hydrogen-bond donors (Lipinski definition) is 2. The highest BCUT2D eigenvalue weighted by Gasteiger charge is 2.25. The molecule has 1 atom stereocenters. The lowest BCUT2D eigenvalue weighted by Gasteiger charge is -2.21. The molecule has 0 radical (unpaired) electrons. The maximum absolute atomic E-state index is 12.1. The molecule has 0 aromatic heterocycles. The number of rotatable bonds is 7. The Morgan fingerprint density at radius 1 is 1.17 bits per heavy atom. The molecule has 124 valence electrons. The summed E-state index contributed by atoms with van der Waals surface area (Å²) in [4.78, 5) is 26.0. The zero-order valence-electron chi connectivity index (χ0n) is 14.1. The molecule has 2 aromatic carbocycles. The van der Waals surface area contributed by atoms with E-state index in [-0.39, 0.29) is 12.6 Å². The summed E-state index contributed by atoms with van der Waals surface area (Å²) in [5.41, 5.74) is 2.73. The number of aryl methyl sites for hydroxylation is 1. The molecule has 5 heteroatoms. The van der Waals surface area contributed by atoms with E-state index >= 15 is 0 Å². The lowest BCUT2D eigenvalue weighted by Crippen LogP contribution is -2.39. The lowest BCUT2D eigenvalue weighted by molar-refractivity contribution is 0.271. The minimum atomic E-state index is -0.495. The summed E-state index contributed by atoms with van der Waals surface area (Å²) < 4.78 is 0. The number of aliphatic hydroxyl groups excluding tert-OH is 1. The van der Waals surface area contributed by atoms with Crippen LogP contribution in [0.25, 0.3) is 11.1 Å². The van der Waals surface area contributed by atoms with Crippen LogP contribution in [0.1, 0.15) is 25.8 Å². The molecule has 0 spiro atoms. The first-order chi connectivity index (χ1) is 10.9. The van der Waals surface area contributed by atoms with Crippen molar-refractivity contribution < 1.29 is 5.11 Å². The van der Waals surface area contributed by atoms with Gasteiger partial charge in [-0.2, -0.15) is 0 Å². The van der Waals surface area contributed by atoms with E-state index in [2.05, 4.69) is 5.32 Å². The molecule has 0 aliphatic carbocycles. The predicted molar refractivity (Wildman–Crippen MR) is 95.3 cm³/mol. The van der Waals surface area contributed by atoms with Gasteiger partial charge in [0.25, 0.3) is 0 Å². The van der Waals surface area contributed by atoms with Crippen molar-refractivity contribution in [2.75, 3.05) is 30.9 Å². The van der Waals surface area contributed by atoms with Crippen LogP contribution in [0.15, 0.2) is 27.8 Å². The topological polar surface area (TPSA) is 69.6 Å². The molecule has 2 N–H and O–H groups in total. The summed E-state index contributed by atoms with van der Waals surface area (Å²) in [6.07, 6.45) is 1.45. The normalized spacial score (nSPS) is 12.4. The Hall–Kier alpha value is -2.14. The first-order valence-corrected chi connectivity index (χ1v) is 7.95. The van der Waals surface area contributed by atoms with E-state index < -0.39 is 10.9 Å². The number of aliphatic hydroxyl groups is 1. The third-order valence-corrected chi connectivity index (χ3v) is 4.23. The highest BCUT2D eigenvalue weighted by molar-refractivity contribution is 5.84. The van der Waals surface area contributed by atoms with Gasteiger partial charge in [0, 0.05) is 25.8 Å². The summed E-state index contributed by atoms with van der Waals surface area (Å²) in [6.45, 7) is 3.87. The van der Waals surface area contributed by atoms with Gasteiger partial charge < -0.3 is 15.3 Å². The van der Waals surface area contributed by atoms with Crippen LogP contribution < -0.4 is 21.1 Å². The molecule has 0 bridgehead atoms. The number of anilines is 2. The lowest BCUT2D eigenvalue weighted by atomic mass is 9.92. The third-order valence-electron chi connectivity index (χ3n) is 4.23. The van der Waals surface area contributed by atoms with Crippen molar-refractivity contribution in [3.05, 3.63) is 44.2 Å². The van der Waals surface area contributed by atoms with Gasteiger partial charge in [0.05, 0.1) is 17.9 Å². The first-order valence-electron chi connectivity index (χ1n) is 7.95. The fraction of sp³-hybridized carbons (Fsp3) is 0.444. The minimum absolute atomic E-state index is 0.0745. The van der Waals surface area contributed by atoms with E-state index in [0.717, 1.165) is 23.2 Å². The van der Waals surface area contributed by atoms with Crippen LogP contribution >= 0.6 is 0 Å². The Bertz CT molecular complexity index is 754. The Morgan fingerprint density at radius 2 is 1.87 bits per heavy atom. The first kappa shape index (κ1) is 17.2. The molecule has 23 heavy (non-hydrogen) atoms. The molecule has 0 saturated heterocycles.